The summed E-state index contributed by atoms with van der Waals surface area (Å²) in [6.45, 7) is 2.28. The Labute approximate surface area is 164 Å². The number of rotatable bonds is 4. The number of fused-ring (bicyclic) bond motifs is 1. The van der Waals surface area contributed by atoms with Gasteiger partial charge in [-0.1, -0.05) is 67.6 Å². The minimum Gasteiger partial charge on any atom is -0.460 e. The predicted molar refractivity (Wildman–Crippen MR) is 107 cm³/mol. The number of carbonyl (C=O) groups is 1. The van der Waals surface area contributed by atoms with Crippen molar-refractivity contribution in [2.24, 2.45) is 5.92 Å². The molecule has 0 bridgehead atoms. The van der Waals surface area contributed by atoms with Crippen LogP contribution in [-0.4, -0.2) is 5.97 Å². The van der Waals surface area contributed by atoms with E-state index in [1.165, 1.54) is 12.1 Å². The fourth-order valence-corrected chi connectivity index (χ4v) is 3.89. The van der Waals surface area contributed by atoms with Crippen LogP contribution in [0.4, 0.5) is 10.1 Å². The van der Waals surface area contributed by atoms with E-state index in [4.69, 9.17) is 4.74 Å². The first-order valence-corrected chi connectivity index (χ1v) is 9.45. The molecule has 1 N–H and O–H groups in total. The summed E-state index contributed by atoms with van der Waals surface area (Å²) in [6, 6.07) is 23.8. The molecule has 1 aliphatic rings. The zero-order valence-electron chi connectivity index (χ0n) is 15.6. The lowest BCUT2D eigenvalue weighted by molar-refractivity contribution is -0.148. The van der Waals surface area contributed by atoms with Gasteiger partial charge >= 0.3 is 5.97 Å². The van der Waals surface area contributed by atoms with Gasteiger partial charge in [-0.3, -0.25) is 4.79 Å². The van der Waals surface area contributed by atoms with Crippen molar-refractivity contribution in [1.29, 1.82) is 0 Å². The zero-order chi connectivity index (χ0) is 19.5. The van der Waals surface area contributed by atoms with Crippen molar-refractivity contribution in [3.05, 3.63) is 101 Å². The van der Waals surface area contributed by atoms with Crippen LogP contribution >= 0.6 is 0 Å². The molecule has 3 nitrogen and oxygen atoms in total. The highest BCUT2D eigenvalue weighted by Gasteiger charge is 2.39. The molecule has 0 unspecified atom stereocenters. The molecule has 1 heterocycles. The molecule has 28 heavy (non-hydrogen) atoms. The maximum absolute atomic E-state index is 13.4. The van der Waals surface area contributed by atoms with Gasteiger partial charge < -0.3 is 10.1 Å². The van der Waals surface area contributed by atoms with Crippen LogP contribution in [0.25, 0.3) is 0 Å². The molecule has 0 spiro atoms. The van der Waals surface area contributed by atoms with Crippen molar-refractivity contribution in [3.8, 4) is 0 Å². The van der Waals surface area contributed by atoms with Crippen molar-refractivity contribution in [1.82, 2.24) is 0 Å². The third-order valence-corrected chi connectivity index (χ3v) is 5.37. The van der Waals surface area contributed by atoms with E-state index in [0.717, 1.165) is 22.4 Å². The van der Waals surface area contributed by atoms with E-state index in [1.54, 1.807) is 12.1 Å². The second-order valence-electron chi connectivity index (χ2n) is 7.19. The Morgan fingerprint density at radius 2 is 1.64 bits per heavy atom. The Bertz CT molecular complexity index is 956. The van der Waals surface area contributed by atoms with E-state index in [2.05, 4.69) is 5.32 Å². The fourth-order valence-electron chi connectivity index (χ4n) is 3.89. The van der Waals surface area contributed by atoms with Crippen LogP contribution in [0.5, 0.6) is 0 Å². The van der Waals surface area contributed by atoms with Gasteiger partial charge in [0.1, 0.15) is 12.4 Å². The van der Waals surface area contributed by atoms with Gasteiger partial charge in [0.15, 0.2) is 0 Å². The summed E-state index contributed by atoms with van der Waals surface area (Å²) in [6.07, 6.45) is 0. The van der Waals surface area contributed by atoms with Crippen molar-refractivity contribution in [2.75, 3.05) is 5.32 Å². The molecule has 1 aliphatic heterocycles. The zero-order valence-corrected chi connectivity index (χ0v) is 15.6. The van der Waals surface area contributed by atoms with Gasteiger partial charge in [0, 0.05) is 5.69 Å². The number of para-hydroxylation sites is 1. The second-order valence-corrected chi connectivity index (χ2v) is 7.19. The Balaban J connectivity index is 1.62. The van der Waals surface area contributed by atoms with E-state index in [-0.39, 0.29) is 30.4 Å². The lowest BCUT2D eigenvalue weighted by Gasteiger charge is -2.38. The third kappa shape index (κ3) is 3.63. The summed E-state index contributed by atoms with van der Waals surface area (Å²) in [5, 5.41) is 3.51. The first-order valence-electron chi connectivity index (χ1n) is 9.45. The number of ether oxygens (including phenoxy) is 1. The molecular formula is C24H22FNO2. The molecule has 142 valence electrons. The largest absolute Gasteiger partial charge is 0.460 e. The van der Waals surface area contributed by atoms with E-state index in [9.17, 15) is 9.18 Å². The first-order chi connectivity index (χ1) is 13.6. The van der Waals surface area contributed by atoms with Crippen LogP contribution < -0.4 is 5.32 Å². The molecule has 3 aromatic carbocycles. The SMILES string of the molecule is C[C@@H]1[C@@H](c2ccc(F)cc2)Nc2ccccc2[C@H]1C(=O)OCc1ccccc1. The Morgan fingerprint density at radius 1 is 0.964 bits per heavy atom. The first kappa shape index (κ1) is 18.2. The van der Waals surface area contributed by atoms with Crippen LogP contribution in [0.15, 0.2) is 78.9 Å². The molecule has 3 atom stereocenters. The summed E-state index contributed by atoms with van der Waals surface area (Å²) in [7, 11) is 0. The summed E-state index contributed by atoms with van der Waals surface area (Å²) in [5.41, 5.74) is 3.76. The highest BCUT2D eigenvalue weighted by molar-refractivity contribution is 5.82. The number of esters is 1. The van der Waals surface area contributed by atoms with Gasteiger partial charge in [-0.05, 0) is 40.8 Å². The van der Waals surface area contributed by atoms with Crippen LogP contribution in [0.3, 0.4) is 0 Å². The number of anilines is 1. The van der Waals surface area contributed by atoms with E-state index in [0.29, 0.717) is 0 Å². The van der Waals surface area contributed by atoms with Crippen LogP contribution in [0.2, 0.25) is 0 Å². The minimum absolute atomic E-state index is 0.0522. The number of hydrogen-bond donors (Lipinski definition) is 1. The van der Waals surface area contributed by atoms with Crippen molar-refractivity contribution >= 4 is 11.7 Å². The summed E-state index contributed by atoms with van der Waals surface area (Å²) in [4.78, 5) is 13.1. The molecule has 3 aromatic rings. The molecule has 0 aromatic heterocycles. The molecule has 0 amide bonds. The van der Waals surface area contributed by atoms with Crippen molar-refractivity contribution < 1.29 is 13.9 Å². The minimum atomic E-state index is -0.392. The van der Waals surface area contributed by atoms with Crippen molar-refractivity contribution in [2.45, 2.75) is 25.5 Å². The van der Waals surface area contributed by atoms with Gasteiger partial charge in [-0.25, -0.2) is 4.39 Å². The standard InChI is InChI=1S/C24H22FNO2/c1-16-22(24(27)28-15-17-7-3-2-4-8-17)20-9-5-6-10-21(20)26-23(16)18-11-13-19(25)14-12-18/h2-14,16,22-23,26H,15H2,1H3/t16-,22-,23-/m0/s1. The quantitative estimate of drug-likeness (QED) is 0.616. The average molecular weight is 375 g/mol. The highest BCUT2D eigenvalue weighted by Crippen LogP contribution is 2.45. The molecule has 0 saturated carbocycles. The molecule has 0 aliphatic carbocycles. The Kier molecular flexibility index (Phi) is 5.11. The lowest BCUT2D eigenvalue weighted by Crippen LogP contribution is -2.34. The molecular weight excluding hydrogens is 353 g/mol. The molecule has 0 radical (unpaired) electrons. The monoisotopic (exact) mass is 375 g/mol. The lowest BCUT2D eigenvalue weighted by atomic mass is 9.76. The van der Waals surface area contributed by atoms with Crippen LogP contribution in [0.1, 0.15) is 35.6 Å². The number of carbonyl (C=O) groups excluding carboxylic acids is 1. The fraction of sp³-hybridized carbons (Fsp3) is 0.208. The molecule has 4 heteroatoms. The van der Waals surface area contributed by atoms with Gasteiger partial charge in [-0.15, -0.1) is 0 Å². The number of benzene rings is 3. The normalized spacial score (nSPS) is 20.7. The average Bonchev–Trinajstić information content (AvgIpc) is 2.73. The predicted octanol–water partition coefficient (Wildman–Crippen LogP) is 5.46. The maximum Gasteiger partial charge on any atom is 0.314 e. The number of nitrogens with one attached hydrogen (secondary N) is 1. The van der Waals surface area contributed by atoms with E-state index >= 15 is 0 Å². The topological polar surface area (TPSA) is 38.3 Å². The highest BCUT2D eigenvalue weighted by atomic mass is 19.1. The summed E-state index contributed by atoms with van der Waals surface area (Å²) in [5.74, 6) is -0.955. The van der Waals surface area contributed by atoms with E-state index in [1.807, 2.05) is 61.5 Å². The van der Waals surface area contributed by atoms with Crippen LogP contribution in [0, 0.1) is 11.7 Å². The summed E-state index contributed by atoms with van der Waals surface area (Å²) < 4.78 is 19.0. The van der Waals surface area contributed by atoms with Gasteiger partial charge in [0.25, 0.3) is 0 Å². The van der Waals surface area contributed by atoms with Crippen LogP contribution in [-0.2, 0) is 16.1 Å². The molecule has 0 saturated heterocycles. The second kappa shape index (κ2) is 7.85. The van der Waals surface area contributed by atoms with Gasteiger partial charge in [0.2, 0.25) is 0 Å². The van der Waals surface area contributed by atoms with Gasteiger partial charge in [0.05, 0.1) is 12.0 Å². The molecule has 0 fully saturated rings. The van der Waals surface area contributed by atoms with E-state index < -0.39 is 5.92 Å². The Morgan fingerprint density at radius 3 is 2.39 bits per heavy atom. The smallest absolute Gasteiger partial charge is 0.314 e. The number of halogens is 1. The van der Waals surface area contributed by atoms with Gasteiger partial charge in [-0.2, -0.15) is 0 Å². The molecule has 4 rings (SSSR count). The van der Waals surface area contributed by atoms with Crippen molar-refractivity contribution in [3.63, 3.8) is 0 Å². The Hall–Kier alpha value is -3.14. The maximum atomic E-state index is 13.4. The third-order valence-electron chi connectivity index (χ3n) is 5.37. The summed E-state index contributed by atoms with van der Waals surface area (Å²) >= 11 is 0. The number of hydrogen-bond acceptors (Lipinski definition) is 3.